The van der Waals surface area contributed by atoms with Gasteiger partial charge in [0.2, 0.25) is 11.8 Å². The van der Waals surface area contributed by atoms with Crippen LogP contribution in [0.5, 0.6) is 0 Å². The largest absolute Gasteiger partial charge is 0.324 e. The minimum Gasteiger partial charge on any atom is -0.324 e. The van der Waals surface area contributed by atoms with E-state index in [1.54, 1.807) is 0 Å². The van der Waals surface area contributed by atoms with Crippen molar-refractivity contribution in [3.8, 4) is 0 Å². The van der Waals surface area contributed by atoms with Crippen molar-refractivity contribution in [3.63, 3.8) is 0 Å². The van der Waals surface area contributed by atoms with E-state index in [4.69, 9.17) is 0 Å². The molecule has 104 valence electrons. The second-order valence-corrected chi connectivity index (χ2v) is 4.14. The van der Waals surface area contributed by atoms with Crippen LogP contribution in [0.3, 0.4) is 0 Å². The molecule has 0 aliphatic carbocycles. The Morgan fingerprint density at radius 1 is 1.11 bits per heavy atom. The van der Waals surface area contributed by atoms with Gasteiger partial charge in [-0.15, -0.1) is 0 Å². The molecular weight excluding hydrogens is 254 g/mol. The zero-order valence-corrected chi connectivity index (χ0v) is 10.8. The smallest absolute Gasteiger partial charge is 0.224 e. The molecule has 0 aromatic heterocycles. The Kier molecular flexibility index (Phi) is 5.41. The van der Waals surface area contributed by atoms with E-state index in [1.165, 1.54) is 6.92 Å². The molecule has 0 saturated carbocycles. The number of amides is 2. The van der Waals surface area contributed by atoms with Gasteiger partial charge in [0.1, 0.15) is 11.6 Å². The highest BCUT2D eigenvalue weighted by Gasteiger charge is 2.12. The van der Waals surface area contributed by atoms with Gasteiger partial charge in [0.05, 0.1) is 11.4 Å². The number of rotatable bonds is 5. The lowest BCUT2D eigenvalue weighted by Gasteiger charge is -2.10. The summed E-state index contributed by atoms with van der Waals surface area (Å²) in [5.41, 5.74) is -0.314. The third-order valence-corrected chi connectivity index (χ3v) is 2.40. The molecular formula is C13H16F2N2O2. The van der Waals surface area contributed by atoms with Gasteiger partial charge in [0.25, 0.3) is 0 Å². The minimum atomic E-state index is -0.890. The van der Waals surface area contributed by atoms with Crippen molar-refractivity contribution in [3.05, 3.63) is 23.8 Å². The average molecular weight is 270 g/mol. The molecule has 0 bridgehead atoms. The van der Waals surface area contributed by atoms with E-state index in [0.717, 1.165) is 12.5 Å². The number of nitrogens with one attached hydrogen (secondary N) is 2. The Balaban J connectivity index is 2.88. The van der Waals surface area contributed by atoms with Gasteiger partial charge in [0.15, 0.2) is 0 Å². The first-order valence-corrected chi connectivity index (χ1v) is 6.00. The number of hydrogen-bond donors (Lipinski definition) is 2. The monoisotopic (exact) mass is 270 g/mol. The topological polar surface area (TPSA) is 58.2 Å². The molecule has 0 saturated heterocycles. The number of carbonyl (C=O) groups excluding carboxylic acids is 2. The van der Waals surface area contributed by atoms with Crippen molar-refractivity contribution in [2.24, 2.45) is 0 Å². The maximum Gasteiger partial charge on any atom is 0.224 e. The first-order chi connectivity index (χ1) is 8.93. The van der Waals surface area contributed by atoms with Crippen molar-refractivity contribution in [1.29, 1.82) is 0 Å². The van der Waals surface area contributed by atoms with Crippen LogP contribution in [0.25, 0.3) is 0 Å². The van der Waals surface area contributed by atoms with Crippen LogP contribution in [0.4, 0.5) is 20.2 Å². The Hall–Kier alpha value is -1.98. The van der Waals surface area contributed by atoms with Crippen molar-refractivity contribution in [1.82, 2.24) is 0 Å². The first-order valence-electron chi connectivity index (χ1n) is 6.00. The van der Waals surface area contributed by atoms with Crippen LogP contribution in [-0.4, -0.2) is 11.8 Å². The first kappa shape index (κ1) is 15.1. The molecule has 0 radical (unpaired) electrons. The standard InChI is InChI=1S/C13H16F2N2O2/c1-3-4-5-13(19)17-12-7-11(16-8(2)18)9(14)6-10(12)15/h6-7H,3-5H2,1-2H3,(H,16,18)(H,17,19). The predicted octanol–water partition coefficient (Wildman–Crippen LogP) is 3.05. The molecule has 6 heteroatoms. The average Bonchev–Trinajstić information content (AvgIpc) is 2.32. The second kappa shape index (κ2) is 6.82. The number of benzene rings is 1. The normalized spacial score (nSPS) is 10.1. The Labute approximate surface area is 110 Å². The second-order valence-electron chi connectivity index (χ2n) is 4.14. The van der Waals surface area contributed by atoms with Crippen LogP contribution in [0.1, 0.15) is 33.1 Å². The lowest BCUT2D eigenvalue weighted by atomic mass is 10.2. The van der Waals surface area contributed by atoms with E-state index in [2.05, 4.69) is 10.6 Å². The summed E-state index contributed by atoms with van der Waals surface area (Å²) in [4.78, 5) is 22.3. The molecule has 19 heavy (non-hydrogen) atoms. The summed E-state index contributed by atoms with van der Waals surface area (Å²) in [5.74, 6) is -2.59. The Morgan fingerprint density at radius 3 is 2.21 bits per heavy atom. The van der Waals surface area contributed by atoms with Crippen molar-refractivity contribution in [2.45, 2.75) is 33.1 Å². The number of anilines is 2. The molecule has 0 unspecified atom stereocenters. The van der Waals surface area contributed by atoms with E-state index in [0.29, 0.717) is 12.5 Å². The fourth-order valence-corrected chi connectivity index (χ4v) is 1.48. The van der Waals surface area contributed by atoms with Gasteiger partial charge < -0.3 is 10.6 Å². The zero-order valence-electron chi connectivity index (χ0n) is 10.8. The highest BCUT2D eigenvalue weighted by molar-refractivity contribution is 5.93. The summed E-state index contributed by atoms with van der Waals surface area (Å²) in [7, 11) is 0. The molecule has 1 aromatic carbocycles. The summed E-state index contributed by atoms with van der Waals surface area (Å²) >= 11 is 0. The minimum absolute atomic E-state index is 0.147. The molecule has 0 aliphatic rings. The molecule has 4 nitrogen and oxygen atoms in total. The molecule has 0 aliphatic heterocycles. The maximum atomic E-state index is 13.5. The van der Waals surface area contributed by atoms with Crippen LogP contribution >= 0.6 is 0 Å². The van der Waals surface area contributed by atoms with E-state index < -0.39 is 17.5 Å². The van der Waals surface area contributed by atoms with E-state index in [9.17, 15) is 18.4 Å². The molecule has 0 atom stereocenters. The van der Waals surface area contributed by atoms with Crippen LogP contribution < -0.4 is 10.6 Å². The lowest BCUT2D eigenvalue weighted by molar-refractivity contribution is -0.116. The predicted molar refractivity (Wildman–Crippen MR) is 68.8 cm³/mol. The molecule has 1 aromatic rings. The fraction of sp³-hybridized carbons (Fsp3) is 0.385. The van der Waals surface area contributed by atoms with E-state index >= 15 is 0 Å². The van der Waals surface area contributed by atoms with Crippen molar-refractivity contribution in [2.75, 3.05) is 10.6 Å². The van der Waals surface area contributed by atoms with Gasteiger partial charge in [-0.1, -0.05) is 13.3 Å². The SMILES string of the molecule is CCCCC(=O)Nc1cc(NC(C)=O)c(F)cc1F. The third kappa shape index (κ3) is 4.65. The van der Waals surface area contributed by atoms with Crippen LogP contribution in [0, 0.1) is 11.6 Å². The Morgan fingerprint density at radius 2 is 1.68 bits per heavy atom. The highest BCUT2D eigenvalue weighted by Crippen LogP contribution is 2.23. The van der Waals surface area contributed by atoms with Gasteiger partial charge in [-0.2, -0.15) is 0 Å². The molecule has 2 N–H and O–H groups in total. The molecule has 1 rings (SSSR count). The lowest BCUT2D eigenvalue weighted by Crippen LogP contribution is -2.14. The molecule has 0 heterocycles. The molecule has 0 fully saturated rings. The van der Waals surface area contributed by atoms with Crippen LogP contribution in [0.2, 0.25) is 0 Å². The third-order valence-electron chi connectivity index (χ3n) is 2.40. The summed E-state index contributed by atoms with van der Waals surface area (Å²) in [6.07, 6.45) is 1.80. The number of hydrogen-bond acceptors (Lipinski definition) is 2. The number of unbranched alkanes of at least 4 members (excludes halogenated alkanes) is 1. The van der Waals surface area contributed by atoms with Crippen molar-refractivity contribution >= 4 is 23.2 Å². The van der Waals surface area contributed by atoms with Gasteiger partial charge >= 0.3 is 0 Å². The summed E-state index contributed by atoms with van der Waals surface area (Å²) in [6.45, 7) is 3.14. The van der Waals surface area contributed by atoms with Gasteiger partial charge in [0, 0.05) is 19.4 Å². The quantitative estimate of drug-likeness (QED) is 0.864. The van der Waals surface area contributed by atoms with Gasteiger partial charge in [-0.25, -0.2) is 8.78 Å². The fourth-order valence-electron chi connectivity index (χ4n) is 1.48. The summed E-state index contributed by atoms with van der Waals surface area (Å²) in [5, 5.41) is 4.58. The summed E-state index contributed by atoms with van der Waals surface area (Å²) in [6, 6.07) is 1.69. The highest BCUT2D eigenvalue weighted by atomic mass is 19.1. The summed E-state index contributed by atoms with van der Waals surface area (Å²) < 4.78 is 26.8. The van der Waals surface area contributed by atoms with Crippen molar-refractivity contribution < 1.29 is 18.4 Å². The Bertz CT molecular complexity index is 490. The number of carbonyl (C=O) groups is 2. The maximum absolute atomic E-state index is 13.5. The molecule has 2 amide bonds. The van der Waals surface area contributed by atoms with Gasteiger partial charge in [-0.05, 0) is 12.5 Å². The van der Waals surface area contributed by atoms with Gasteiger partial charge in [-0.3, -0.25) is 9.59 Å². The van der Waals surface area contributed by atoms with E-state index in [1.807, 2.05) is 6.92 Å². The molecule has 0 spiro atoms. The van der Waals surface area contributed by atoms with E-state index in [-0.39, 0.29) is 23.7 Å². The van der Waals surface area contributed by atoms with Crippen LogP contribution in [0.15, 0.2) is 12.1 Å². The zero-order chi connectivity index (χ0) is 14.4. The number of halogens is 2. The van der Waals surface area contributed by atoms with Crippen LogP contribution in [-0.2, 0) is 9.59 Å².